The zero-order valence-corrected chi connectivity index (χ0v) is 12.2. The molecule has 0 amide bonds. The minimum atomic E-state index is -0.390. The molecular weight excluding hydrogens is 271 g/mol. The van der Waals surface area contributed by atoms with Gasteiger partial charge in [-0.15, -0.1) is 0 Å². The van der Waals surface area contributed by atoms with E-state index in [1.165, 1.54) is 12.1 Å². The van der Waals surface area contributed by atoms with Gasteiger partial charge in [-0.2, -0.15) is 0 Å². The van der Waals surface area contributed by atoms with Gasteiger partial charge in [0.15, 0.2) is 0 Å². The third kappa shape index (κ3) is 3.37. The molecule has 0 saturated carbocycles. The van der Waals surface area contributed by atoms with Gasteiger partial charge in [0.2, 0.25) is 0 Å². The van der Waals surface area contributed by atoms with Crippen LogP contribution in [0.2, 0.25) is 0 Å². The van der Waals surface area contributed by atoms with Gasteiger partial charge in [0.1, 0.15) is 5.82 Å². The van der Waals surface area contributed by atoms with Crippen LogP contribution in [0.1, 0.15) is 29.7 Å². The van der Waals surface area contributed by atoms with Gasteiger partial charge >= 0.3 is 0 Å². The zero-order valence-electron chi connectivity index (χ0n) is 12.2. The number of nitro benzene ring substituents is 1. The monoisotopic (exact) mass is 288 g/mol. The molecule has 0 radical (unpaired) electrons. The zero-order chi connectivity index (χ0) is 15.6. The fourth-order valence-corrected chi connectivity index (χ4v) is 2.16. The van der Waals surface area contributed by atoms with Crippen molar-refractivity contribution in [3.05, 3.63) is 69.0 Å². The molecule has 0 aliphatic rings. The van der Waals surface area contributed by atoms with E-state index in [2.05, 4.69) is 5.32 Å². The van der Waals surface area contributed by atoms with E-state index in [-0.39, 0.29) is 22.5 Å². The summed E-state index contributed by atoms with van der Waals surface area (Å²) in [4.78, 5) is 10.6. The fraction of sp³-hybridized carbons (Fsp3) is 0.250. The molecule has 0 fully saturated rings. The predicted molar refractivity (Wildman–Crippen MR) is 81.0 cm³/mol. The van der Waals surface area contributed by atoms with Crippen LogP contribution in [0.5, 0.6) is 0 Å². The predicted octanol–water partition coefficient (Wildman–Crippen LogP) is 4.52. The van der Waals surface area contributed by atoms with E-state index in [0.29, 0.717) is 11.3 Å². The maximum atomic E-state index is 13.3. The number of nitrogens with one attached hydrogen (secondary N) is 1. The molecule has 2 rings (SSSR count). The number of benzene rings is 2. The Balaban J connectivity index is 2.28. The van der Waals surface area contributed by atoms with Crippen LogP contribution >= 0.6 is 0 Å². The molecule has 2 aromatic carbocycles. The van der Waals surface area contributed by atoms with Gasteiger partial charge in [-0.1, -0.05) is 18.2 Å². The lowest BCUT2D eigenvalue weighted by Gasteiger charge is -2.17. The van der Waals surface area contributed by atoms with Crippen molar-refractivity contribution in [2.45, 2.75) is 26.8 Å². The summed E-state index contributed by atoms with van der Waals surface area (Å²) in [5.41, 5.74) is 3.11. The van der Waals surface area contributed by atoms with Crippen LogP contribution in [0.4, 0.5) is 15.8 Å². The Labute approximate surface area is 122 Å². The van der Waals surface area contributed by atoms with E-state index in [4.69, 9.17) is 0 Å². The van der Waals surface area contributed by atoms with Crippen LogP contribution in [0.15, 0.2) is 36.4 Å². The number of halogens is 1. The van der Waals surface area contributed by atoms with Crippen molar-refractivity contribution < 1.29 is 9.31 Å². The van der Waals surface area contributed by atoms with Crippen LogP contribution in [-0.4, -0.2) is 4.92 Å². The van der Waals surface area contributed by atoms with Crippen molar-refractivity contribution in [2.24, 2.45) is 0 Å². The number of anilines is 1. The highest BCUT2D eigenvalue weighted by molar-refractivity contribution is 5.53. The Morgan fingerprint density at radius 3 is 2.48 bits per heavy atom. The summed E-state index contributed by atoms with van der Waals surface area (Å²) in [5.74, 6) is -0.315. The molecule has 1 atom stereocenters. The molecule has 0 spiro atoms. The molecule has 0 heterocycles. The molecule has 2 aromatic rings. The van der Waals surface area contributed by atoms with E-state index in [1.54, 1.807) is 25.1 Å². The van der Waals surface area contributed by atoms with Crippen molar-refractivity contribution in [2.75, 3.05) is 5.32 Å². The second-order valence-electron chi connectivity index (χ2n) is 5.13. The highest BCUT2D eigenvalue weighted by atomic mass is 19.1. The summed E-state index contributed by atoms with van der Waals surface area (Å²) in [6.07, 6.45) is 0. The van der Waals surface area contributed by atoms with Crippen LogP contribution in [0, 0.1) is 29.8 Å². The largest absolute Gasteiger partial charge is 0.378 e. The van der Waals surface area contributed by atoms with E-state index >= 15 is 0 Å². The highest BCUT2D eigenvalue weighted by Crippen LogP contribution is 2.27. The molecule has 0 bridgehead atoms. The standard InChI is InChI=1S/C16H17FN2O2/c1-10-5-7-14(17)9-15(10)18-12(3)13-6-4-11(2)16(8-13)19(20)21/h4-9,12,18H,1-3H3. The van der Waals surface area contributed by atoms with E-state index in [0.717, 1.165) is 11.1 Å². The van der Waals surface area contributed by atoms with Crippen molar-refractivity contribution in [1.82, 2.24) is 0 Å². The van der Waals surface area contributed by atoms with Crippen LogP contribution in [0.3, 0.4) is 0 Å². The number of nitrogens with zero attached hydrogens (tertiary/aromatic N) is 1. The normalized spacial score (nSPS) is 12.0. The summed E-state index contributed by atoms with van der Waals surface area (Å²) in [7, 11) is 0. The first kappa shape index (κ1) is 15.0. The summed E-state index contributed by atoms with van der Waals surface area (Å²) in [5, 5.41) is 14.2. The van der Waals surface area contributed by atoms with Gasteiger partial charge < -0.3 is 5.32 Å². The number of rotatable bonds is 4. The van der Waals surface area contributed by atoms with Crippen LogP contribution in [0.25, 0.3) is 0 Å². The second-order valence-corrected chi connectivity index (χ2v) is 5.13. The number of hydrogen-bond acceptors (Lipinski definition) is 3. The molecule has 5 heteroatoms. The Morgan fingerprint density at radius 1 is 1.14 bits per heavy atom. The molecule has 4 nitrogen and oxygen atoms in total. The molecule has 21 heavy (non-hydrogen) atoms. The Hall–Kier alpha value is -2.43. The van der Waals surface area contributed by atoms with E-state index in [9.17, 15) is 14.5 Å². The topological polar surface area (TPSA) is 55.2 Å². The van der Waals surface area contributed by atoms with E-state index < -0.39 is 0 Å². The highest BCUT2D eigenvalue weighted by Gasteiger charge is 2.15. The van der Waals surface area contributed by atoms with Gasteiger partial charge in [-0.3, -0.25) is 10.1 Å². The maximum absolute atomic E-state index is 13.3. The molecular formula is C16H17FN2O2. The first-order valence-electron chi connectivity index (χ1n) is 6.66. The molecule has 0 saturated heterocycles. The first-order valence-corrected chi connectivity index (χ1v) is 6.66. The summed E-state index contributed by atoms with van der Waals surface area (Å²) in [6.45, 7) is 5.47. The average Bonchev–Trinajstić information content (AvgIpc) is 2.43. The Morgan fingerprint density at radius 2 is 1.81 bits per heavy atom. The van der Waals surface area contributed by atoms with Crippen molar-refractivity contribution >= 4 is 11.4 Å². The van der Waals surface area contributed by atoms with Gasteiger partial charge in [0, 0.05) is 23.4 Å². The molecule has 1 unspecified atom stereocenters. The number of hydrogen-bond donors (Lipinski definition) is 1. The summed E-state index contributed by atoms with van der Waals surface area (Å²) >= 11 is 0. The SMILES string of the molecule is Cc1ccc(F)cc1NC(C)c1ccc(C)c([N+](=O)[O-])c1. The molecule has 1 N–H and O–H groups in total. The third-order valence-corrected chi connectivity index (χ3v) is 3.50. The molecule has 0 aliphatic carbocycles. The lowest BCUT2D eigenvalue weighted by molar-refractivity contribution is -0.385. The average molecular weight is 288 g/mol. The second kappa shape index (κ2) is 5.91. The lowest BCUT2D eigenvalue weighted by atomic mass is 10.0. The fourth-order valence-electron chi connectivity index (χ4n) is 2.16. The van der Waals surface area contributed by atoms with Crippen molar-refractivity contribution in [1.29, 1.82) is 0 Å². The van der Waals surface area contributed by atoms with E-state index in [1.807, 2.05) is 19.9 Å². The molecule has 0 aliphatic heterocycles. The third-order valence-electron chi connectivity index (χ3n) is 3.50. The number of nitro groups is 1. The molecule has 0 aromatic heterocycles. The minimum absolute atomic E-state index is 0.0946. The van der Waals surface area contributed by atoms with Gasteiger partial charge in [-0.25, -0.2) is 4.39 Å². The number of aryl methyl sites for hydroxylation is 2. The van der Waals surface area contributed by atoms with Crippen molar-refractivity contribution in [3.8, 4) is 0 Å². The van der Waals surface area contributed by atoms with Gasteiger partial charge in [0.05, 0.1) is 4.92 Å². The summed E-state index contributed by atoms with van der Waals surface area (Å²) < 4.78 is 13.3. The van der Waals surface area contributed by atoms with Gasteiger partial charge in [0.25, 0.3) is 5.69 Å². The Bertz CT molecular complexity index is 686. The minimum Gasteiger partial charge on any atom is -0.378 e. The quantitative estimate of drug-likeness (QED) is 0.664. The summed E-state index contributed by atoms with van der Waals surface area (Å²) in [6, 6.07) is 9.49. The maximum Gasteiger partial charge on any atom is 0.272 e. The molecule has 110 valence electrons. The van der Waals surface area contributed by atoms with Crippen molar-refractivity contribution in [3.63, 3.8) is 0 Å². The smallest absolute Gasteiger partial charge is 0.272 e. The first-order chi connectivity index (χ1) is 9.88. The van der Waals surface area contributed by atoms with Gasteiger partial charge in [-0.05, 0) is 44.0 Å². The van der Waals surface area contributed by atoms with Crippen LogP contribution in [-0.2, 0) is 0 Å². The Kier molecular flexibility index (Phi) is 4.21. The van der Waals surface area contributed by atoms with Crippen LogP contribution < -0.4 is 5.32 Å². The lowest BCUT2D eigenvalue weighted by Crippen LogP contribution is -2.08.